The second-order valence-electron chi connectivity index (χ2n) is 8.70. The molecule has 31 heavy (non-hydrogen) atoms. The average Bonchev–Trinajstić information content (AvgIpc) is 3.10. The van der Waals surface area contributed by atoms with Crippen LogP contribution in [0.15, 0.2) is 36.7 Å². The van der Waals surface area contributed by atoms with Crippen molar-refractivity contribution in [1.82, 2.24) is 19.5 Å². The van der Waals surface area contributed by atoms with Gasteiger partial charge in [-0.05, 0) is 49.4 Å². The number of aliphatic hydroxyl groups is 1. The van der Waals surface area contributed by atoms with E-state index in [4.69, 9.17) is 4.98 Å². The quantitative estimate of drug-likeness (QED) is 0.697. The third kappa shape index (κ3) is 2.69. The molecular weight excluding hydrogens is 404 g/mol. The molecule has 2 saturated heterocycles. The number of aromatic nitrogens is 3. The SMILES string of the molecule is O=C(c1cnn2ccc(N3CC[C@H]4C[C@]43c3cc(F)ccc3F)nc12)N1CCC(O)C1. The number of benzene rings is 1. The lowest BCUT2D eigenvalue weighted by Crippen LogP contribution is -2.34. The first-order chi connectivity index (χ1) is 15.0. The number of piperidine rings is 1. The van der Waals surface area contributed by atoms with Gasteiger partial charge in [0, 0.05) is 31.4 Å². The molecule has 1 aliphatic carbocycles. The van der Waals surface area contributed by atoms with E-state index in [-0.39, 0.29) is 11.8 Å². The maximum atomic E-state index is 14.7. The standard InChI is InChI=1S/C22H21F2N5O2/c23-14-1-2-18(24)17(9-14)22-10-13(22)3-7-28(22)19-5-8-29-20(26-19)16(11-25-29)21(31)27-6-4-15(30)12-27/h1-2,5,8-9,11,13,15,30H,3-4,6-7,10,12H2/t13-,15?,22+/m0/s1. The molecule has 160 valence electrons. The molecule has 0 bridgehead atoms. The maximum absolute atomic E-state index is 14.7. The monoisotopic (exact) mass is 425 g/mol. The normalized spacial score (nSPS) is 27.2. The third-order valence-electron chi connectivity index (χ3n) is 6.96. The Balaban J connectivity index is 1.40. The van der Waals surface area contributed by atoms with Gasteiger partial charge in [-0.3, -0.25) is 4.79 Å². The van der Waals surface area contributed by atoms with Crippen molar-refractivity contribution in [2.24, 2.45) is 5.92 Å². The maximum Gasteiger partial charge on any atom is 0.259 e. The molecule has 3 aliphatic rings. The van der Waals surface area contributed by atoms with E-state index >= 15 is 0 Å². The predicted octanol–water partition coefficient (Wildman–Crippen LogP) is 2.34. The highest BCUT2D eigenvalue weighted by Crippen LogP contribution is 2.63. The first kappa shape index (κ1) is 18.7. The molecule has 2 aromatic heterocycles. The van der Waals surface area contributed by atoms with E-state index in [1.54, 1.807) is 21.7 Å². The Bertz CT molecular complexity index is 1210. The molecule has 1 unspecified atom stereocenters. The van der Waals surface area contributed by atoms with Gasteiger partial charge in [-0.15, -0.1) is 0 Å². The summed E-state index contributed by atoms with van der Waals surface area (Å²) in [4.78, 5) is 21.3. The van der Waals surface area contributed by atoms with Crippen molar-refractivity contribution in [3.63, 3.8) is 0 Å². The van der Waals surface area contributed by atoms with Crippen molar-refractivity contribution >= 4 is 17.4 Å². The molecule has 3 fully saturated rings. The first-order valence-corrected chi connectivity index (χ1v) is 10.5. The molecule has 0 spiro atoms. The van der Waals surface area contributed by atoms with E-state index in [1.165, 1.54) is 18.3 Å². The fraction of sp³-hybridized carbons (Fsp3) is 0.409. The number of amides is 1. The summed E-state index contributed by atoms with van der Waals surface area (Å²) in [6.07, 6.45) is 4.90. The fourth-order valence-corrected chi connectivity index (χ4v) is 5.35. The van der Waals surface area contributed by atoms with Crippen LogP contribution in [0.1, 0.15) is 35.2 Å². The minimum absolute atomic E-state index is 0.215. The predicted molar refractivity (Wildman–Crippen MR) is 108 cm³/mol. The van der Waals surface area contributed by atoms with Crippen molar-refractivity contribution < 1.29 is 18.7 Å². The highest BCUT2D eigenvalue weighted by atomic mass is 19.1. The van der Waals surface area contributed by atoms with Crippen LogP contribution in [0.4, 0.5) is 14.6 Å². The van der Waals surface area contributed by atoms with Gasteiger partial charge >= 0.3 is 0 Å². The number of likely N-dealkylation sites (tertiary alicyclic amines) is 1. The fourth-order valence-electron chi connectivity index (χ4n) is 5.35. The van der Waals surface area contributed by atoms with Crippen molar-refractivity contribution in [2.45, 2.75) is 30.9 Å². The van der Waals surface area contributed by atoms with Crippen LogP contribution in [0.3, 0.4) is 0 Å². The van der Waals surface area contributed by atoms with Gasteiger partial charge in [-0.2, -0.15) is 5.10 Å². The molecule has 7 nitrogen and oxygen atoms in total. The lowest BCUT2D eigenvalue weighted by Gasteiger charge is -2.30. The Morgan fingerprint density at radius 2 is 2.06 bits per heavy atom. The number of hydrogen-bond acceptors (Lipinski definition) is 5. The number of nitrogens with zero attached hydrogens (tertiary/aromatic N) is 5. The number of carbonyl (C=O) groups excluding carboxylic acids is 1. The van der Waals surface area contributed by atoms with Gasteiger partial charge in [0.05, 0.1) is 17.8 Å². The van der Waals surface area contributed by atoms with Crippen LogP contribution < -0.4 is 4.90 Å². The van der Waals surface area contributed by atoms with Crippen molar-refractivity contribution in [1.29, 1.82) is 0 Å². The molecule has 1 aromatic carbocycles. The van der Waals surface area contributed by atoms with Gasteiger partial charge in [0.25, 0.3) is 5.91 Å². The number of halogens is 2. The van der Waals surface area contributed by atoms with E-state index in [1.807, 2.05) is 4.90 Å². The van der Waals surface area contributed by atoms with Gasteiger partial charge in [-0.1, -0.05) is 0 Å². The van der Waals surface area contributed by atoms with E-state index in [2.05, 4.69) is 5.10 Å². The Kier molecular flexibility index (Phi) is 3.89. The smallest absolute Gasteiger partial charge is 0.259 e. The van der Waals surface area contributed by atoms with E-state index < -0.39 is 23.3 Å². The Morgan fingerprint density at radius 1 is 1.19 bits per heavy atom. The van der Waals surface area contributed by atoms with Gasteiger partial charge in [0.15, 0.2) is 5.65 Å². The van der Waals surface area contributed by atoms with E-state index in [0.29, 0.717) is 48.6 Å². The molecule has 3 atom stereocenters. The molecule has 1 amide bonds. The molecule has 2 aliphatic heterocycles. The number of β-amino-alcohol motifs (C(OH)–C–C–N with tert-alkyl or cyclic N) is 1. The molecule has 0 radical (unpaired) electrons. The third-order valence-corrected chi connectivity index (χ3v) is 6.96. The largest absolute Gasteiger partial charge is 0.391 e. The van der Waals surface area contributed by atoms with Crippen LogP contribution in [0.5, 0.6) is 0 Å². The molecule has 9 heteroatoms. The second kappa shape index (κ2) is 6.46. The molecule has 4 heterocycles. The summed E-state index contributed by atoms with van der Waals surface area (Å²) in [5.41, 5.74) is 0.560. The van der Waals surface area contributed by atoms with Gasteiger partial charge in [-0.25, -0.2) is 18.3 Å². The van der Waals surface area contributed by atoms with Crippen LogP contribution in [0.25, 0.3) is 5.65 Å². The molecular formula is C22H21F2N5O2. The summed E-state index contributed by atoms with van der Waals surface area (Å²) in [6, 6.07) is 5.40. The van der Waals surface area contributed by atoms with Crippen molar-refractivity contribution in [3.8, 4) is 0 Å². The van der Waals surface area contributed by atoms with Gasteiger partial charge in [0.2, 0.25) is 0 Å². The van der Waals surface area contributed by atoms with Gasteiger partial charge < -0.3 is 14.9 Å². The van der Waals surface area contributed by atoms with Gasteiger partial charge in [0.1, 0.15) is 23.0 Å². The summed E-state index contributed by atoms with van der Waals surface area (Å²) >= 11 is 0. The number of hydrogen-bond donors (Lipinski definition) is 1. The zero-order valence-electron chi connectivity index (χ0n) is 16.7. The Hall–Kier alpha value is -3.07. The Morgan fingerprint density at radius 3 is 2.84 bits per heavy atom. The summed E-state index contributed by atoms with van der Waals surface area (Å²) in [7, 11) is 0. The van der Waals surface area contributed by atoms with E-state index in [9.17, 15) is 18.7 Å². The van der Waals surface area contributed by atoms with Crippen LogP contribution in [-0.2, 0) is 5.54 Å². The zero-order valence-corrected chi connectivity index (χ0v) is 16.7. The topological polar surface area (TPSA) is 74.0 Å². The molecule has 1 saturated carbocycles. The summed E-state index contributed by atoms with van der Waals surface area (Å²) in [5.74, 6) is -0.216. The van der Waals surface area contributed by atoms with Crippen LogP contribution >= 0.6 is 0 Å². The number of carbonyl (C=O) groups is 1. The first-order valence-electron chi connectivity index (χ1n) is 10.5. The minimum atomic E-state index is -0.596. The summed E-state index contributed by atoms with van der Waals surface area (Å²) in [5, 5.41) is 14.0. The molecule has 6 rings (SSSR count). The van der Waals surface area contributed by atoms with Crippen molar-refractivity contribution in [2.75, 3.05) is 24.5 Å². The summed E-state index contributed by atoms with van der Waals surface area (Å²) < 4.78 is 30.1. The average molecular weight is 425 g/mol. The zero-order chi connectivity index (χ0) is 21.3. The number of fused-ring (bicyclic) bond motifs is 2. The lowest BCUT2D eigenvalue weighted by atomic mass is 10.0. The second-order valence-corrected chi connectivity index (χ2v) is 8.70. The van der Waals surface area contributed by atoms with Crippen molar-refractivity contribution in [3.05, 3.63) is 59.4 Å². The Labute approximate surface area is 176 Å². The molecule has 1 N–H and O–H groups in total. The highest BCUT2D eigenvalue weighted by Gasteiger charge is 2.64. The summed E-state index contributed by atoms with van der Waals surface area (Å²) in [6.45, 7) is 1.47. The van der Waals surface area contributed by atoms with E-state index in [0.717, 1.165) is 18.9 Å². The number of anilines is 1. The van der Waals surface area contributed by atoms with Crippen LogP contribution in [0.2, 0.25) is 0 Å². The van der Waals surface area contributed by atoms with Crippen LogP contribution in [-0.4, -0.2) is 56.2 Å². The highest BCUT2D eigenvalue weighted by molar-refractivity contribution is 6.00. The number of rotatable bonds is 3. The lowest BCUT2D eigenvalue weighted by molar-refractivity contribution is 0.0766. The minimum Gasteiger partial charge on any atom is -0.391 e. The van der Waals surface area contributed by atoms with Crippen LogP contribution in [0, 0.1) is 17.6 Å². The number of aliphatic hydroxyl groups excluding tert-OH is 1. The molecule has 3 aromatic rings.